The molecule has 96 valence electrons. The Morgan fingerprint density at radius 1 is 1.12 bits per heavy atom. The summed E-state index contributed by atoms with van der Waals surface area (Å²) in [5.41, 5.74) is 0. The summed E-state index contributed by atoms with van der Waals surface area (Å²) in [7, 11) is 0. The van der Waals surface area contributed by atoms with Gasteiger partial charge >= 0.3 is 12.1 Å². The first-order valence-corrected chi connectivity index (χ1v) is 4.95. The van der Waals surface area contributed by atoms with Crippen molar-refractivity contribution in [3.63, 3.8) is 0 Å². The van der Waals surface area contributed by atoms with Crippen LogP contribution in [0.25, 0.3) is 0 Å². The van der Waals surface area contributed by atoms with Crippen molar-refractivity contribution in [2.75, 3.05) is 13.2 Å². The SMILES string of the molecule is OC(CC1CCOCC1)C(F)(F)C(F)(F)F. The van der Waals surface area contributed by atoms with Crippen molar-refractivity contribution in [1.29, 1.82) is 0 Å². The van der Waals surface area contributed by atoms with Gasteiger partial charge in [0.05, 0.1) is 0 Å². The molecule has 1 heterocycles. The van der Waals surface area contributed by atoms with Gasteiger partial charge in [0, 0.05) is 13.2 Å². The molecule has 1 fully saturated rings. The third-order valence-electron chi connectivity index (χ3n) is 2.69. The minimum Gasteiger partial charge on any atom is -0.386 e. The van der Waals surface area contributed by atoms with E-state index in [2.05, 4.69) is 0 Å². The second kappa shape index (κ2) is 4.83. The van der Waals surface area contributed by atoms with Crippen LogP contribution in [0.2, 0.25) is 0 Å². The van der Waals surface area contributed by atoms with Crippen LogP contribution >= 0.6 is 0 Å². The molecular formula is C9H13F5O2. The Hall–Kier alpha value is -0.430. The van der Waals surface area contributed by atoms with Crippen molar-refractivity contribution in [3.8, 4) is 0 Å². The summed E-state index contributed by atoms with van der Waals surface area (Å²) >= 11 is 0. The maximum atomic E-state index is 12.7. The van der Waals surface area contributed by atoms with Crippen LogP contribution in [0, 0.1) is 5.92 Å². The zero-order valence-corrected chi connectivity index (χ0v) is 8.44. The molecule has 2 nitrogen and oxygen atoms in total. The molecule has 1 N–H and O–H groups in total. The maximum Gasteiger partial charge on any atom is 0.456 e. The van der Waals surface area contributed by atoms with Gasteiger partial charge in [0.1, 0.15) is 6.10 Å². The summed E-state index contributed by atoms with van der Waals surface area (Å²) in [6.45, 7) is 0.684. The molecule has 0 amide bonds. The van der Waals surface area contributed by atoms with Gasteiger partial charge in [0.15, 0.2) is 0 Å². The van der Waals surface area contributed by atoms with Crippen molar-refractivity contribution in [2.24, 2.45) is 5.92 Å². The molecule has 0 aromatic rings. The Labute approximate surface area is 89.4 Å². The molecular weight excluding hydrogens is 235 g/mol. The monoisotopic (exact) mass is 248 g/mol. The van der Waals surface area contributed by atoms with Gasteiger partial charge in [-0.15, -0.1) is 0 Å². The quantitative estimate of drug-likeness (QED) is 0.777. The molecule has 0 bridgehead atoms. The van der Waals surface area contributed by atoms with Gasteiger partial charge in [0.25, 0.3) is 0 Å². The number of aliphatic hydroxyl groups excluding tert-OH is 1. The van der Waals surface area contributed by atoms with E-state index < -0.39 is 24.6 Å². The first-order chi connectivity index (χ1) is 7.25. The molecule has 0 radical (unpaired) electrons. The van der Waals surface area contributed by atoms with Crippen molar-refractivity contribution in [1.82, 2.24) is 0 Å². The van der Waals surface area contributed by atoms with E-state index in [1.165, 1.54) is 0 Å². The van der Waals surface area contributed by atoms with Gasteiger partial charge in [-0.25, -0.2) is 0 Å². The Kier molecular flexibility index (Phi) is 4.12. The maximum absolute atomic E-state index is 12.7. The predicted octanol–water partition coefficient (Wildman–Crippen LogP) is 2.36. The van der Waals surface area contributed by atoms with Gasteiger partial charge in [-0.05, 0) is 25.2 Å². The largest absolute Gasteiger partial charge is 0.456 e. The smallest absolute Gasteiger partial charge is 0.386 e. The average Bonchev–Trinajstić information content (AvgIpc) is 2.17. The fourth-order valence-corrected chi connectivity index (χ4v) is 1.63. The zero-order chi connectivity index (χ0) is 12.4. The molecule has 0 spiro atoms. The van der Waals surface area contributed by atoms with E-state index in [0.717, 1.165) is 0 Å². The topological polar surface area (TPSA) is 29.5 Å². The van der Waals surface area contributed by atoms with Crippen LogP contribution < -0.4 is 0 Å². The van der Waals surface area contributed by atoms with Gasteiger partial charge in [-0.2, -0.15) is 22.0 Å². The highest BCUT2D eigenvalue weighted by atomic mass is 19.4. The Morgan fingerprint density at radius 2 is 1.62 bits per heavy atom. The van der Waals surface area contributed by atoms with Crippen LogP contribution in [0.3, 0.4) is 0 Å². The Morgan fingerprint density at radius 3 is 2.06 bits per heavy atom. The molecule has 16 heavy (non-hydrogen) atoms. The standard InChI is InChI=1S/C9H13F5O2/c10-8(11,9(12,13)14)7(15)5-6-1-3-16-4-2-6/h6-7,15H,1-5H2. The number of ether oxygens (including phenoxy) is 1. The fourth-order valence-electron chi connectivity index (χ4n) is 1.63. The molecule has 1 rings (SSSR count). The average molecular weight is 248 g/mol. The lowest BCUT2D eigenvalue weighted by Crippen LogP contribution is -2.48. The van der Waals surface area contributed by atoms with E-state index in [0.29, 0.717) is 26.1 Å². The number of hydrogen-bond donors (Lipinski definition) is 1. The molecule has 1 atom stereocenters. The van der Waals surface area contributed by atoms with Gasteiger partial charge in [0.2, 0.25) is 0 Å². The molecule has 0 aromatic heterocycles. The third-order valence-corrected chi connectivity index (χ3v) is 2.69. The van der Waals surface area contributed by atoms with Crippen molar-refractivity contribution < 1.29 is 31.8 Å². The number of halogens is 5. The molecule has 1 aliphatic rings. The fraction of sp³-hybridized carbons (Fsp3) is 1.00. The summed E-state index contributed by atoms with van der Waals surface area (Å²) in [5.74, 6) is -5.37. The van der Waals surface area contributed by atoms with E-state index in [1.807, 2.05) is 0 Å². The molecule has 7 heteroatoms. The molecule has 1 unspecified atom stereocenters. The van der Waals surface area contributed by atoms with Crippen molar-refractivity contribution in [3.05, 3.63) is 0 Å². The predicted molar refractivity (Wildman–Crippen MR) is 45.2 cm³/mol. The Balaban J connectivity index is 2.53. The number of aliphatic hydroxyl groups is 1. The van der Waals surface area contributed by atoms with E-state index in [9.17, 15) is 22.0 Å². The van der Waals surface area contributed by atoms with Crippen LogP contribution in [0.5, 0.6) is 0 Å². The lowest BCUT2D eigenvalue weighted by Gasteiger charge is -2.29. The van der Waals surface area contributed by atoms with E-state index in [4.69, 9.17) is 9.84 Å². The lowest BCUT2D eigenvalue weighted by atomic mass is 9.91. The lowest BCUT2D eigenvalue weighted by molar-refractivity contribution is -0.314. The number of rotatable bonds is 3. The molecule has 0 aromatic carbocycles. The van der Waals surface area contributed by atoms with Crippen LogP contribution in [-0.2, 0) is 4.74 Å². The molecule has 1 saturated heterocycles. The van der Waals surface area contributed by atoms with Crippen LogP contribution in [0.4, 0.5) is 22.0 Å². The van der Waals surface area contributed by atoms with E-state index in [1.54, 1.807) is 0 Å². The van der Waals surface area contributed by atoms with Crippen molar-refractivity contribution >= 4 is 0 Å². The zero-order valence-electron chi connectivity index (χ0n) is 8.44. The molecule has 1 aliphatic heterocycles. The van der Waals surface area contributed by atoms with Gasteiger partial charge in [-0.1, -0.05) is 0 Å². The van der Waals surface area contributed by atoms with Gasteiger partial charge in [-0.3, -0.25) is 0 Å². The summed E-state index contributed by atoms with van der Waals surface area (Å²) < 4.78 is 66.0. The highest BCUT2D eigenvalue weighted by Crippen LogP contribution is 2.40. The van der Waals surface area contributed by atoms with Gasteiger partial charge < -0.3 is 9.84 Å². The first kappa shape index (κ1) is 13.6. The second-order valence-electron chi connectivity index (χ2n) is 3.93. The van der Waals surface area contributed by atoms with Crippen molar-refractivity contribution in [2.45, 2.75) is 37.5 Å². The van der Waals surface area contributed by atoms with Crippen LogP contribution in [0.15, 0.2) is 0 Å². The number of hydrogen-bond acceptors (Lipinski definition) is 2. The molecule has 0 aliphatic carbocycles. The summed E-state index contributed by atoms with van der Waals surface area (Å²) in [6, 6.07) is 0. The third kappa shape index (κ3) is 3.04. The van der Waals surface area contributed by atoms with Crippen LogP contribution in [0.1, 0.15) is 19.3 Å². The highest BCUT2D eigenvalue weighted by molar-refractivity contribution is 4.85. The summed E-state index contributed by atoms with van der Waals surface area (Å²) in [5, 5.41) is 8.95. The summed E-state index contributed by atoms with van der Waals surface area (Å²) in [4.78, 5) is 0. The highest BCUT2D eigenvalue weighted by Gasteiger charge is 2.62. The van der Waals surface area contributed by atoms with E-state index >= 15 is 0 Å². The summed E-state index contributed by atoms with van der Waals surface area (Å²) in [6.07, 6.45) is -8.10. The second-order valence-corrected chi connectivity index (χ2v) is 3.93. The Bertz CT molecular complexity index is 222. The minimum atomic E-state index is -5.70. The van der Waals surface area contributed by atoms with E-state index in [-0.39, 0.29) is 5.92 Å². The normalized spacial score (nSPS) is 22.1. The van der Waals surface area contributed by atoms with Crippen LogP contribution in [-0.4, -0.2) is 36.5 Å². The first-order valence-electron chi connectivity index (χ1n) is 4.95. The number of alkyl halides is 5. The minimum absolute atomic E-state index is 0.336. The molecule has 0 saturated carbocycles.